The Morgan fingerprint density at radius 3 is 2.93 bits per heavy atom. The summed E-state index contributed by atoms with van der Waals surface area (Å²) in [7, 11) is -3.91. The van der Waals surface area contributed by atoms with Crippen LogP contribution in [0, 0.1) is 0 Å². The van der Waals surface area contributed by atoms with Crippen molar-refractivity contribution in [3.63, 3.8) is 0 Å². The molecule has 2 aliphatic heterocycles. The van der Waals surface area contributed by atoms with Gasteiger partial charge in [0.15, 0.2) is 23.1 Å². The summed E-state index contributed by atoms with van der Waals surface area (Å²) in [6, 6.07) is 0. The van der Waals surface area contributed by atoms with Gasteiger partial charge in [-0.1, -0.05) is 6.92 Å². The van der Waals surface area contributed by atoms with Gasteiger partial charge in [0.1, 0.15) is 12.2 Å². The van der Waals surface area contributed by atoms with Crippen LogP contribution in [0.15, 0.2) is 6.33 Å². The van der Waals surface area contributed by atoms with Crippen molar-refractivity contribution in [3.05, 3.63) is 6.33 Å². The highest BCUT2D eigenvalue weighted by Crippen LogP contribution is 2.60. The van der Waals surface area contributed by atoms with Crippen LogP contribution in [0.4, 0.5) is 10.3 Å². The molecule has 2 aliphatic rings. The van der Waals surface area contributed by atoms with E-state index in [9.17, 15) is 4.57 Å². The van der Waals surface area contributed by atoms with Crippen molar-refractivity contribution in [3.8, 4) is 5.88 Å². The summed E-state index contributed by atoms with van der Waals surface area (Å²) in [5, 5.41) is 0. The molecule has 166 valence electrons. The van der Waals surface area contributed by atoms with Crippen LogP contribution in [0.1, 0.15) is 40.3 Å². The van der Waals surface area contributed by atoms with Crippen molar-refractivity contribution in [1.29, 1.82) is 0 Å². The maximum Gasteiger partial charge on any atom is 0.475 e. The maximum atomic E-state index is 16.0. The maximum absolute atomic E-state index is 16.0. The first-order chi connectivity index (χ1) is 14.1. The number of rotatable bonds is 6. The highest BCUT2D eigenvalue weighted by Gasteiger charge is 2.61. The lowest BCUT2D eigenvalue weighted by atomic mass is 9.98. The molecule has 30 heavy (non-hydrogen) atoms. The third kappa shape index (κ3) is 3.67. The molecular weight excluding hydrogens is 420 g/mol. The minimum atomic E-state index is -3.91. The Morgan fingerprint density at radius 2 is 2.23 bits per heavy atom. The van der Waals surface area contributed by atoms with E-state index in [2.05, 4.69) is 15.0 Å². The van der Waals surface area contributed by atoms with Crippen LogP contribution in [-0.4, -0.2) is 56.7 Å². The molecule has 0 saturated carbocycles. The molecule has 0 bridgehead atoms. The molecule has 0 aromatic carbocycles. The number of aromatic nitrogens is 4. The van der Waals surface area contributed by atoms with E-state index in [0.717, 1.165) is 6.42 Å². The number of halogens is 1. The van der Waals surface area contributed by atoms with Gasteiger partial charge in [-0.2, -0.15) is 9.97 Å². The summed E-state index contributed by atoms with van der Waals surface area (Å²) < 4.78 is 57.5. The highest BCUT2D eigenvalue weighted by molar-refractivity contribution is 7.48. The molecule has 2 saturated heterocycles. The second-order valence-corrected chi connectivity index (χ2v) is 9.24. The Hall–Kier alpha value is -1.85. The van der Waals surface area contributed by atoms with Gasteiger partial charge in [-0.25, -0.2) is 13.9 Å². The quantitative estimate of drug-likeness (QED) is 0.662. The molecule has 4 heterocycles. The second-order valence-electron chi connectivity index (χ2n) is 7.66. The van der Waals surface area contributed by atoms with Gasteiger partial charge in [0, 0.05) is 0 Å². The topological polar surface area (TPSA) is 133 Å². The first kappa shape index (κ1) is 21.4. The van der Waals surface area contributed by atoms with E-state index in [0.29, 0.717) is 12.1 Å². The summed E-state index contributed by atoms with van der Waals surface area (Å²) in [5.41, 5.74) is 4.30. The van der Waals surface area contributed by atoms with Crippen molar-refractivity contribution in [2.24, 2.45) is 0 Å². The van der Waals surface area contributed by atoms with Gasteiger partial charge in [-0.15, -0.1) is 0 Å². The fourth-order valence-corrected chi connectivity index (χ4v) is 5.17. The van der Waals surface area contributed by atoms with E-state index >= 15 is 4.39 Å². The van der Waals surface area contributed by atoms with Crippen molar-refractivity contribution in [2.45, 2.75) is 64.3 Å². The van der Waals surface area contributed by atoms with Crippen LogP contribution in [0.3, 0.4) is 0 Å². The molecule has 2 fully saturated rings. The van der Waals surface area contributed by atoms with Gasteiger partial charge < -0.3 is 15.2 Å². The molecule has 0 amide bonds. The number of anilines is 1. The molecule has 0 spiro atoms. The van der Waals surface area contributed by atoms with Gasteiger partial charge >= 0.3 is 7.82 Å². The van der Waals surface area contributed by atoms with Crippen LogP contribution < -0.4 is 10.5 Å². The van der Waals surface area contributed by atoms with Crippen LogP contribution in [0.2, 0.25) is 0 Å². The second kappa shape index (κ2) is 7.69. The van der Waals surface area contributed by atoms with Gasteiger partial charge in [0.05, 0.1) is 25.6 Å². The monoisotopic (exact) mass is 445 g/mol. The number of phosphoric acid groups is 1. The van der Waals surface area contributed by atoms with E-state index in [1.807, 2.05) is 6.92 Å². The van der Waals surface area contributed by atoms with Crippen molar-refractivity contribution >= 4 is 24.9 Å². The molecule has 2 aromatic rings. The standard InChI is InChI=1S/C17H25FN5O6P/c1-5-6-25-14-11-13(21-16(19)22-14)23(8-20-11)15-17(4,18)12-10(27-15)7-26-30(24,29-12)28-9(2)3/h8-10,12,15H,5-7H2,1-4H3,(H2,19,21,22)/t10-,12-,15-,17-,30-/m1/s1. The first-order valence-electron chi connectivity index (χ1n) is 9.73. The van der Waals surface area contributed by atoms with Crippen molar-refractivity contribution in [2.75, 3.05) is 18.9 Å². The summed E-state index contributed by atoms with van der Waals surface area (Å²) in [5.74, 6) is 0.171. The molecular formula is C17H25FN5O6P. The summed E-state index contributed by atoms with van der Waals surface area (Å²) in [6.07, 6.45) is -1.43. The lowest BCUT2D eigenvalue weighted by Gasteiger charge is -2.34. The van der Waals surface area contributed by atoms with E-state index in [1.165, 1.54) is 17.8 Å². The van der Waals surface area contributed by atoms with Crippen LogP contribution >= 0.6 is 7.82 Å². The third-order valence-corrected chi connectivity index (χ3v) is 6.39. The number of nitrogen functional groups attached to an aromatic ring is 1. The lowest BCUT2D eigenvalue weighted by Crippen LogP contribution is -2.45. The van der Waals surface area contributed by atoms with Crippen molar-refractivity contribution in [1.82, 2.24) is 19.5 Å². The molecule has 11 nitrogen and oxygen atoms in total. The van der Waals surface area contributed by atoms with Crippen LogP contribution in [-0.2, 0) is 22.9 Å². The minimum absolute atomic E-state index is 0.0410. The molecule has 13 heteroatoms. The fourth-order valence-electron chi connectivity index (χ4n) is 3.53. The number of nitrogens with two attached hydrogens (primary N) is 1. The molecule has 4 rings (SSSR count). The molecule has 0 radical (unpaired) electrons. The average Bonchev–Trinajstić information content (AvgIpc) is 3.17. The number of imidazole rings is 1. The summed E-state index contributed by atoms with van der Waals surface area (Å²) in [4.78, 5) is 12.5. The Morgan fingerprint density at radius 1 is 1.47 bits per heavy atom. The van der Waals surface area contributed by atoms with Crippen LogP contribution in [0.25, 0.3) is 11.2 Å². The predicted molar refractivity (Wildman–Crippen MR) is 104 cm³/mol. The average molecular weight is 445 g/mol. The molecule has 5 atom stereocenters. The van der Waals surface area contributed by atoms with E-state index < -0.39 is 38.0 Å². The van der Waals surface area contributed by atoms with E-state index in [-0.39, 0.29) is 24.1 Å². The molecule has 0 unspecified atom stereocenters. The zero-order valence-corrected chi connectivity index (χ0v) is 18.0. The Kier molecular flexibility index (Phi) is 5.48. The Bertz CT molecular complexity index is 985. The molecule has 0 aliphatic carbocycles. The van der Waals surface area contributed by atoms with Gasteiger partial charge in [0.25, 0.3) is 0 Å². The summed E-state index contributed by atoms with van der Waals surface area (Å²) in [6.45, 7) is 6.89. The minimum Gasteiger partial charge on any atom is -0.476 e. The number of alkyl halides is 1. The molecule has 2 aromatic heterocycles. The smallest absolute Gasteiger partial charge is 0.475 e. The van der Waals surface area contributed by atoms with Gasteiger partial charge in [-0.3, -0.25) is 18.1 Å². The van der Waals surface area contributed by atoms with Crippen molar-refractivity contribution < 1.29 is 32.0 Å². The summed E-state index contributed by atoms with van der Waals surface area (Å²) >= 11 is 0. The number of fused-ring (bicyclic) bond motifs is 2. The Labute approximate surface area is 172 Å². The number of nitrogens with zero attached hydrogens (tertiary/aromatic N) is 4. The Balaban J connectivity index is 1.68. The van der Waals surface area contributed by atoms with Crippen LogP contribution in [0.5, 0.6) is 5.88 Å². The van der Waals surface area contributed by atoms with Gasteiger partial charge in [-0.05, 0) is 27.2 Å². The highest BCUT2D eigenvalue weighted by atomic mass is 31.2. The normalized spacial score (nSPS) is 33.9. The number of ether oxygens (including phenoxy) is 2. The number of hydrogen-bond donors (Lipinski definition) is 1. The zero-order valence-electron chi connectivity index (χ0n) is 17.1. The lowest BCUT2D eigenvalue weighted by molar-refractivity contribution is -0.0733. The SMILES string of the molecule is CCCOc1nc(N)nc2c1ncn2[C@@H]1O[C@@H]2CO[P@](=O)(OC(C)C)O[C@H]2[C@@]1(C)F. The number of phosphoric ester groups is 1. The molecule has 2 N–H and O–H groups in total. The largest absolute Gasteiger partial charge is 0.476 e. The number of hydrogen-bond acceptors (Lipinski definition) is 10. The third-order valence-electron chi connectivity index (χ3n) is 4.76. The first-order valence-corrected chi connectivity index (χ1v) is 11.2. The van der Waals surface area contributed by atoms with E-state index in [1.54, 1.807) is 13.8 Å². The zero-order chi connectivity index (χ0) is 21.7. The predicted octanol–water partition coefficient (Wildman–Crippen LogP) is 2.77. The van der Waals surface area contributed by atoms with E-state index in [4.69, 9.17) is 28.8 Å². The fraction of sp³-hybridized carbons (Fsp3) is 0.706. The van der Waals surface area contributed by atoms with Gasteiger partial charge in [0.2, 0.25) is 11.8 Å².